The molecule has 0 aromatic carbocycles. The summed E-state index contributed by atoms with van der Waals surface area (Å²) in [5, 5.41) is 12.5. The van der Waals surface area contributed by atoms with E-state index in [-0.39, 0.29) is 5.91 Å². The van der Waals surface area contributed by atoms with Crippen LogP contribution in [0.3, 0.4) is 0 Å². The number of aromatic nitrogens is 2. The number of carbonyl (C=O) groups excluding carboxylic acids is 1. The van der Waals surface area contributed by atoms with Crippen molar-refractivity contribution in [2.45, 2.75) is 40.0 Å². The van der Waals surface area contributed by atoms with Crippen molar-refractivity contribution in [1.82, 2.24) is 10.2 Å². The normalized spacial score (nSPS) is 10.7. The molecule has 2 aromatic rings. The summed E-state index contributed by atoms with van der Waals surface area (Å²) in [5.74, 6) is -0.0978. The molecule has 0 fully saturated rings. The first-order chi connectivity index (χ1) is 9.10. The molecule has 0 spiro atoms. The summed E-state index contributed by atoms with van der Waals surface area (Å²) in [7, 11) is 0. The SMILES string of the molecule is CCCCc1nnc(NC(=O)c2cc(C)c(C)s2)s1. The van der Waals surface area contributed by atoms with E-state index in [0.29, 0.717) is 5.13 Å². The topological polar surface area (TPSA) is 54.9 Å². The molecule has 2 aromatic heterocycles. The molecule has 2 heterocycles. The Morgan fingerprint density at radius 2 is 2.11 bits per heavy atom. The quantitative estimate of drug-likeness (QED) is 0.912. The number of aryl methyl sites for hydroxylation is 3. The molecule has 6 heteroatoms. The third kappa shape index (κ3) is 3.61. The van der Waals surface area contributed by atoms with Gasteiger partial charge >= 0.3 is 0 Å². The Hall–Kier alpha value is -1.27. The van der Waals surface area contributed by atoms with E-state index in [0.717, 1.165) is 34.7 Å². The second-order valence-electron chi connectivity index (χ2n) is 4.41. The van der Waals surface area contributed by atoms with Gasteiger partial charge in [0, 0.05) is 11.3 Å². The van der Waals surface area contributed by atoms with E-state index in [1.165, 1.54) is 27.6 Å². The lowest BCUT2D eigenvalue weighted by atomic mass is 10.3. The maximum atomic E-state index is 12.0. The van der Waals surface area contributed by atoms with Crippen molar-refractivity contribution in [2.24, 2.45) is 0 Å². The van der Waals surface area contributed by atoms with Crippen LogP contribution in [0, 0.1) is 13.8 Å². The molecule has 2 rings (SSSR count). The lowest BCUT2D eigenvalue weighted by Gasteiger charge is -1.96. The third-order valence-electron chi connectivity index (χ3n) is 2.82. The highest BCUT2D eigenvalue weighted by Gasteiger charge is 2.13. The van der Waals surface area contributed by atoms with Gasteiger partial charge in [0.25, 0.3) is 5.91 Å². The highest BCUT2D eigenvalue weighted by atomic mass is 32.1. The number of carbonyl (C=O) groups is 1. The molecule has 0 aliphatic heterocycles. The molecule has 0 radical (unpaired) electrons. The van der Waals surface area contributed by atoms with Crippen molar-refractivity contribution >= 4 is 33.7 Å². The van der Waals surface area contributed by atoms with Crippen LogP contribution >= 0.6 is 22.7 Å². The largest absolute Gasteiger partial charge is 0.296 e. The van der Waals surface area contributed by atoms with Crippen LogP contribution in [0.15, 0.2) is 6.07 Å². The molecule has 0 bridgehead atoms. The van der Waals surface area contributed by atoms with Crippen molar-refractivity contribution < 1.29 is 4.79 Å². The first kappa shape index (κ1) is 14.1. The summed E-state index contributed by atoms with van der Waals surface area (Å²) < 4.78 is 0. The van der Waals surface area contributed by atoms with Crippen molar-refractivity contribution in [3.63, 3.8) is 0 Å². The van der Waals surface area contributed by atoms with Gasteiger partial charge in [0.1, 0.15) is 5.01 Å². The van der Waals surface area contributed by atoms with Gasteiger partial charge in [-0.1, -0.05) is 24.7 Å². The molecule has 0 saturated heterocycles. The summed E-state index contributed by atoms with van der Waals surface area (Å²) in [6.07, 6.45) is 3.17. The molecule has 102 valence electrons. The highest BCUT2D eigenvalue weighted by Crippen LogP contribution is 2.23. The average molecular weight is 295 g/mol. The summed E-state index contributed by atoms with van der Waals surface area (Å²) in [4.78, 5) is 13.9. The van der Waals surface area contributed by atoms with Crippen LogP contribution in [-0.4, -0.2) is 16.1 Å². The van der Waals surface area contributed by atoms with Crippen molar-refractivity contribution in [3.8, 4) is 0 Å². The second kappa shape index (κ2) is 6.25. The lowest BCUT2D eigenvalue weighted by Crippen LogP contribution is -2.09. The molecular weight excluding hydrogens is 278 g/mol. The summed E-state index contributed by atoms with van der Waals surface area (Å²) in [6, 6.07) is 1.91. The highest BCUT2D eigenvalue weighted by molar-refractivity contribution is 7.16. The smallest absolute Gasteiger partial charge is 0.267 e. The summed E-state index contributed by atoms with van der Waals surface area (Å²) in [5.41, 5.74) is 1.15. The van der Waals surface area contributed by atoms with Crippen LogP contribution in [0.4, 0.5) is 5.13 Å². The monoisotopic (exact) mass is 295 g/mol. The number of unbranched alkanes of at least 4 members (excludes halogenated alkanes) is 1. The van der Waals surface area contributed by atoms with Crippen LogP contribution in [0.2, 0.25) is 0 Å². The van der Waals surface area contributed by atoms with E-state index in [4.69, 9.17) is 0 Å². The molecule has 1 N–H and O–H groups in total. The lowest BCUT2D eigenvalue weighted by molar-refractivity contribution is 0.103. The van der Waals surface area contributed by atoms with Gasteiger partial charge in [0.05, 0.1) is 4.88 Å². The number of anilines is 1. The predicted molar refractivity (Wildman–Crippen MR) is 80.3 cm³/mol. The standard InChI is InChI=1S/C13H17N3OS2/c1-4-5-6-11-15-16-13(19-11)14-12(17)10-7-8(2)9(3)18-10/h7H,4-6H2,1-3H3,(H,14,16,17). The van der Waals surface area contributed by atoms with Crippen LogP contribution in [0.1, 0.15) is 44.9 Å². The Labute approximate surface area is 120 Å². The van der Waals surface area contributed by atoms with Gasteiger partial charge in [-0.05, 0) is 31.9 Å². The summed E-state index contributed by atoms with van der Waals surface area (Å²) in [6.45, 7) is 6.17. The fourth-order valence-corrected chi connectivity index (χ4v) is 3.28. The number of thiophene rings is 1. The predicted octanol–water partition coefficient (Wildman–Crippen LogP) is 3.81. The summed E-state index contributed by atoms with van der Waals surface area (Å²) >= 11 is 2.96. The molecule has 0 atom stereocenters. The van der Waals surface area contributed by atoms with Crippen LogP contribution in [0.5, 0.6) is 0 Å². The van der Waals surface area contributed by atoms with E-state index in [9.17, 15) is 4.79 Å². The molecule has 0 aliphatic carbocycles. The number of hydrogen-bond acceptors (Lipinski definition) is 5. The van der Waals surface area contributed by atoms with Gasteiger partial charge < -0.3 is 0 Å². The fourth-order valence-electron chi connectivity index (χ4n) is 1.58. The minimum atomic E-state index is -0.0978. The molecule has 4 nitrogen and oxygen atoms in total. The van der Waals surface area contributed by atoms with E-state index in [2.05, 4.69) is 22.4 Å². The van der Waals surface area contributed by atoms with Crippen molar-refractivity contribution in [1.29, 1.82) is 0 Å². The number of hydrogen-bond donors (Lipinski definition) is 1. The zero-order valence-corrected chi connectivity index (χ0v) is 13.0. The van der Waals surface area contributed by atoms with Gasteiger partial charge in [0.15, 0.2) is 0 Å². The Bertz CT molecular complexity index is 555. The minimum Gasteiger partial charge on any atom is -0.296 e. The van der Waals surface area contributed by atoms with Gasteiger partial charge in [-0.3, -0.25) is 10.1 Å². The van der Waals surface area contributed by atoms with Gasteiger partial charge in [0.2, 0.25) is 5.13 Å². The van der Waals surface area contributed by atoms with E-state index in [1.807, 2.05) is 19.9 Å². The Morgan fingerprint density at radius 1 is 1.32 bits per heavy atom. The van der Waals surface area contributed by atoms with Crippen LogP contribution < -0.4 is 5.32 Å². The molecule has 0 saturated carbocycles. The molecule has 1 amide bonds. The average Bonchev–Trinajstić information content (AvgIpc) is 2.95. The second-order valence-corrected chi connectivity index (χ2v) is 6.73. The molecular formula is C13H17N3OS2. The number of amides is 1. The van der Waals surface area contributed by atoms with Crippen LogP contribution in [-0.2, 0) is 6.42 Å². The van der Waals surface area contributed by atoms with E-state index < -0.39 is 0 Å². The molecule has 0 unspecified atom stereocenters. The van der Waals surface area contributed by atoms with Crippen molar-refractivity contribution in [2.75, 3.05) is 5.32 Å². The fraction of sp³-hybridized carbons (Fsp3) is 0.462. The zero-order valence-electron chi connectivity index (χ0n) is 11.3. The maximum absolute atomic E-state index is 12.0. The Morgan fingerprint density at radius 3 is 2.74 bits per heavy atom. The zero-order chi connectivity index (χ0) is 13.8. The Balaban J connectivity index is 2.00. The first-order valence-electron chi connectivity index (χ1n) is 6.31. The van der Waals surface area contributed by atoms with Crippen LogP contribution in [0.25, 0.3) is 0 Å². The Kier molecular flexibility index (Phi) is 4.66. The van der Waals surface area contributed by atoms with E-state index in [1.54, 1.807) is 0 Å². The first-order valence-corrected chi connectivity index (χ1v) is 7.94. The number of rotatable bonds is 5. The maximum Gasteiger partial charge on any atom is 0.267 e. The van der Waals surface area contributed by atoms with Crippen molar-refractivity contribution in [3.05, 3.63) is 26.4 Å². The van der Waals surface area contributed by atoms with E-state index >= 15 is 0 Å². The van der Waals surface area contributed by atoms with Gasteiger partial charge in [-0.25, -0.2) is 0 Å². The number of nitrogens with zero attached hydrogens (tertiary/aromatic N) is 2. The third-order valence-corrected chi connectivity index (χ3v) is 4.87. The minimum absolute atomic E-state index is 0.0978. The molecule has 0 aliphatic rings. The molecule has 19 heavy (non-hydrogen) atoms. The number of nitrogens with one attached hydrogen (secondary N) is 1. The van der Waals surface area contributed by atoms with Gasteiger partial charge in [-0.2, -0.15) is 0 Å². The van der Waals surface area contributed by atoms with Gasteiger partial charge in [-0.15, -0.1) is 21.5 Å².